The maximum Gasteiger partial charge on any atom is 0.321 e. The van der Waals surface area contributed by atoms with E-state index in [9.17, 15) is 22.8 Å². The maximum absolute atomic E-state index is 13.1. The normalized spacial score (nSPS) is 13.6. The van der Waals surface area contributed by atoms with Gasteiger partial charge in [0.15, 0.2) is 0 Å². The smallest absolute Gasteiger partial charge is 0.321 e. The van der Waals surface area contributed by atoms with Crippen LogP contribution in [-0.4, -0.2) is 80.6 Å². The number of imide groups is 1. The number of thiophene rings is 1. The van der Waals surface area contributed by atoms with Crippen molar-refractivity contribution >= 4 is 56.6 Å². The van der Waals surface area contributed by atoms with E-state index in [1.54, 1.807) is 0 Å². The van der Waals surface area contributed by atoms with Crippen LogP contribution in [0, 0.1) is 10.8 Å². The van der Waals surface area contributed by atoms with E-state index in [0.717, 1.165) is 33.7 Å². The van der Waals surface area contributed by atoms with Crippen molar-refractivity contribution in [3.05, 3.63) is 45.8 Å². The van der Waals surface area contributed by atoms with E-state index in [2.05, 4.69) is 34.7 Å². The fraction of sp³-hybridized carbons (Fsp3) is 0.375. The Hall–Kier alpha value is -3.46. The summed E-state index contributed by atoms with van der Waals surface area (Å²) in [5.74, 6) is -1.16. The van der Waals surface area contributed by atoms with Crippen molar-refractivity contribution in [2.24, 2.45) is 0 Å². The molecule has 0 radical (unpaired) electrons. The van der Waals surface area contributed by atoms with Crippen LogP contribution in [0.4, 0.5) is 9.80 Å². The number of carbonyl (C=O) groups excluding carboxylic acids is 3. The number of hydrogen-bond acceptors (Lipinski definition) is 9. The molecule has 3 rings (SSSR count). The molecular formula is C24H31N7O5S2. The van der Waals surface area contributed by atoms with E-state index in [4.69, 9.17) is 10.8 Å². The molecular weight excluding hydrogens is 530 g/mol. The van der Waals surface area contributed by atoms with Gasteiger partial charge in [-0.2, -0.15) is 4.31 Å². The number of nitrogens with zero attached hydrogens (tertiary/aromatic N) is 2. The lowest BCUT2D eigenvalue weighted by molar-refractivity contribution is 0.0963. The van der Waals surface area contributed by atoms with Gasteiger partial charge in [-0.15, -0.1) is 11.3 Å². The molecule has 14 heteroatoms. The van der Waals surface area contributed by atoms with Gasteiger partial charge >= 0.3 is 6.03 Å². The summed E-state index contributed by atoms with van der Waals surface area (Å²) in [6, 6.07) is 4.91. The fourth-order valence-electron chi connectivity index (χ4n) is 4.00. The van der Waals surface area contributed by atoms with Crippen molar-refractivity contribution in [3.8, 4) is 0 Å². The summed E-state index contributed by atoms with van der Waals surface area (Å²) in [4.78, 5) is 41.0. The van der Waals surface area contributed by atoms with Crippen LogP contribution in [0.2, 0.25) is 0 Å². The molecule has 4 amide bonds. The number of carbonyl (C=O) groups is 3. The molecule has 1 aromatic heterocycles. The Morgan fingerprint density at radius 2 is 1.74 bits per heavy atom. The molecule has 0 atom stereocenters. The molecule has 0 aliphatic carbocycles. The molecule has 1 aliphatic heterocycles. The second-order valence-corrected chi connectivity index (χ2v) is 11.8. The lowest BCUT2D eigenvalue weighted by atomic mass is 10.0. The number of anilines is 1. The van der Waals surface area contributed by atoms with E-state index >= 15 is 0 Å². The van der Waals surface area contributed by atoms with Crippen LogP contribution in [0.25, 0.3) is 0 Å². The molecule has 0 saturated heterocycles. The van der Waals surface area contributed by atoms with Crippen molar-refractivity contribution in [1.29, 1.82) is 10.8 Å². The first-order valence-corrected chi connectivity index (χ1v) is 14.1. The largest absolute Gasteiger partial charge is 0.341 e. The number of nitrogens with one attached hydrogen (secondary N) is 5. The Kier molecular flexibility index (Phi) is 9.49. The highest BCUT2D eigenvalue weighted by Gasteiger charge is 2.30. The number of urea groups is 1. The van der Waals surface area contributed by atoms with Gasteiger partial charge < -0.3 is 21.5 Å². The third-order valence-electron chi connectivity index (χ3n) is 6.07. The zero-order chi connectivity index (χ0) is 28.0. The monoisotopic (exact) mass is 561 g/mol. The van der Waals surface area contributed by atoms with Gasteiger partial charge in [-0.05, 0) is 50.1 Å². The minimum atomic E-state index is -3.97. The van der Waals surface area contributed by atoms with Crippen molar-refractivity contribution < 1.29 is 22.8 Å². The zero-order valence-corrected chi connectivity index (χ0v) is 23.0. The van der Waals surface area contributed by atoms with Gasteiger partial charge in [-0.3, -0.25) is 19.8 Å². The number of benzene rings is 1. The third kappa shape index (κ3) is 6.32. The second-order valence-electron chi connectivity index (χ2n) is 8.76. The third-order valence-corrected chi connectivity index (χ3v) is 9.05. The van der Waals surface area contributed by atoms with Gasteiger partial charge in [0.05, 0.1) is 10.5 Å². The minimum absolute atomic E-state index is 0.0799. The number of sulfonamides is 1. The van der Waals surface area contributed by atoms with E-state index in [1.165, 1.54) is 42.6 Å². The van der Waals surface area contributed by atoms with Crippen LogP contribution >= 0.6 is 11.3 Å². The zero-order valence-electron chi connectivity index (χ0n) is 21.3. The number of hydrogen-bond donors (Lipinski definition) is 5. The van der Waals surface area contributed by atoms with Gasteiger partial charge in [0, 0.05) is 62.1 Å². The van der Waals surface area contributed by atoms with Gasteiger partial charge in [-0.1, -0.05) is 0 Å². The summed E-state index contributed by atoms with van der Waals surface area (Å²) in [6.45, 7) is 5.15. The van der Waals surface area contributed by atoms with Gasteiger partial charge in [0.1, 0.15) is 5.00 Å². The maximum atomic E-state index is 13.1. The Morgan fingerprint density at radius 1 is 1.11 bits per heavy atom. The summed E-state index contributed by atoms with van der Waals surface area (Å²) >= 11 is 1.28. The van der Waals surface area contributed by atoms with Crippen LogP contribution in [0.5, 0.6) is 0 Å². The molecule has 5 N–H and O–H groups in total. The predicted molar refractivity (Wildman–Crippen MR) is 146 cm³/mol. The molecule has 1 aromatic carbocycles. The van der Waals surface area contributed by atoms with Crippen molar-refractivity contribution in [1.82, 2.24) is 19.8 Å². The number of amides is 4. The topological polar surface area (TPSA) is 176 Å². The van der Waals surface area contributed by atoms with Gasteiger partial charge in [0.25, 0.3) is 11.8 Å². The fourth-order valence-corrected chi connectivity index (χ4v) is 6.58. The molecule has 2 aromatic rings. The van der Waals surface area contributed by atoms with Crippen molar-refractivity contribution in [2.45, 2.75) is 37.8 Å². The second kappa shape index (κ2) is 12.4. The standard InChI is InChI=1S/C24H31N7O5S2/c1-15(2)30-11-8-18-19(14-30)37-23(20(18)22(33)29-24(34)27-3)28-21(32)16-4-6-17(7-5-16)38(35,36)31(12-9-25)13-10-26/h4-7,9-10,15,25-26H,8,11-14H2,1-3H3,(H,28,32)(H2,27,29,33,34). The molecule has 0 saturated carbocycles. The van der Waals surface area contributed by atoms with E-state index in [-0.39, 0.29) is 29.1 Å². The first-order valence-electron chi connectivity index (χ1n) is 11.8. The first-order chi connectivity index (χ1) is 18.0. The highest BCUT2D eigenvalue weighted by molar-refractivity contribution is 7.89. The van der Waals surface area contributed by atoms with Crippen LogP contribution in [0.15, 0.2) is 29.2 Å². The van der Waals surface area contributed by atoms with Crippen molar-refractivity contribution in [3.63, 3.8) is 0 Å². The van der Waals surface area contributed by atoms with Crippen LogP contribution in [-0.2, 0) is 23.0 Å². The number of rotatable bonds is 10. The Labute approximate surface area is 225 Å². The predicted octanol–water partition coefficient (Wildman–Crippen LogP) is 2.13. The summed E-state index contributed by atoms with van der Waals surface area (Å²) in [5.41, 5.74) is 1.21. The average Bonchev–Trinajstić information content (AvgIpc) is 3.25. The molecule has 0 bridgehead atoms. The summed E-state index contributed by atoms with van der Waals surface area (Å²) in [6.07, 6.45) is 2.45. The van der Waals surface area contributed by atoms with E-state index in [0.29, 0.717) is 24.0 Å². The lowest BCUT2D eigenvalue weighted by Gasteiger charge is -2.30. The molecule has 2 heterocycles. The summed E-state index contributed by atoms with van der Waals surface area (Å²) < 4.78 is 26.7. The molecule has 204 valence electrons. The highest BCUT2D eigenvalue weighted by Crippen LogP contribution is 2.38. The minimum Gasteiger partial charge on any atom is -0.341 e. The number of fused-ring (bicyclic) bond motifs is 1. The molecule has 0 unspecified atom stereocenters. The quantitative estimate of drug-likeness (QED) is 0.278. The van der Waals surface area contributed by atoms with Crippen LogP contribution in [0.3, 0.4) is 0 Å². The molecule has 0 fully saturated rings. The van der Waals surface area contributed by atoms with Crippen LogP contribution < -0.4 is 16.0 Å². The Balaban J connectivity index is 1.89. The molecule has 12 nitrogen and oxygen atoms in total. The SMILES string of the molecule is CNC(=O)NC(=O)c1c(NC(=O)c2ccc(S(=O)(=O)N(CC=N)CC=N)cc2)sc2c1CCN(C(C)C)C2. The molecule has 0 spiro atoms. The average molecular weight is 562 g/mol. The molecule has 38 heavy (non-hydrogen) atoms. The highest BCUT2D eigenvalue weighted by atomic mass is 32.2. The first kappa shape index (κ1) is 29.1. The molecule has 1 aliphatic rings. The Morgan fingerprint density at radius 3 is 2.29 bits per heavy atom. The van der Waals surface area contributed by atoms with E-state index < -0.39 is 27.9 Å². The van der Waals surface area contributed by atoms with Gasteiger partial charge in [0.2, 0.25) is 10.0 Å². The summed E-state index contributed by atoms with van der Waals surface area (Å²) in [7, 11) is -2.57. The van der Waals surface area contributed by atoms with Crippen molar-refractivity contribution in [2.75, 3.05) is 32.0 Å². The van der Waals surface area contributed by atoms with Gasteiger partial charge in [-0.25, -0.2) is 13.2 Å². The summed E-state index contributed by atoms with van der Waals surface area (Å²) in [5, 5.41) is 22.1. The Bertz CT molecular complexity index is 1330. The van der Waals surface area contributed by atoms with Crippen LogP contribution in [0.1, 0.15) is 45.0 Å². The lowest BCUT2D eigenvalue weighted by Crippen LogP contribution is -2.39. The van der Waals surface area contributed by atoms with E-state index in [1.807, 2.05) is 0 Å².